The van der Waals surface area contributed by atoms with Crippen molar-refractivity contribution in [2.45, 2.75) is 63.2 Å². The number of nitro groups is 1. The average molecular weight is 675 g/mol. The lowest BCUT2D eigenvalue weighted by Crippen LogP contribution is -2.46. The molecule has 4 heterocycles. The highest BCUT2D eigenvalue weighted by Crippen LogP contribution is 2.60. The number of amides is 1. The Morgan fingerprint density at radius 2 is 1.90 bits per heavy atom. The number of ether oxygens (including phenoxy) is 2. The lowest BCUT2D eigenvalue weighted by atomic mass is 9.82. The van der Waals surface area contributed by atoms with Gasteiger partial charge in [-0.05, 0) is 55.4 Å². The smallest absolute Gasteiger partial charge is 0.297 e. The zero-order valence-electron chi connectivity index (χ0n) is 27.1. The Morgan fingerprint density at radius 1 is 1.15 bits per heavy atom. The summed E-state index contributed by atoms with van der Waals surface area (Å²) in [6, 6.07) is 14.9. The molecule has 0 radical (unpaired) electrons. The Labute approximate surface area is 277 Å². The SMILES string of the molecule is COc1cccn(-c2ccc(CN3C(=O)[C@]4(O[C@H](CCn5cc(CCO)nn5)[C@@H]([Si](C)(C)O)[C@@H]4C)c4cc([N+](=O)[O-])ccc43)cc2)c1=O. The van der Waals surface area contributed by atoms with Crippen LogP contribution in [0.3, 0.4) is 0 Å². The maximum absolute atomic E-state index is 14.7. The molecule has 0 saturated carbocycles. The van der Waals surface area contributed by atoms with Gasteiger partial charge in [-0.25, -0.2) is 0 Å². The molecular weight excluding hydrogens is 636 g/mol. The van der Waals surface area contributed by atoms with Crippen LogP contribution >= 0.6 is 0 Å². The number of aliphatic hydroxyl groups is 1. The number of rotatable bonds is 11. The number of methoxy groups -OCH3 is 1. The molecule has 1 saturated heterocycles. The van der Waals surface area contributed by atoms with Crippen LogP contribution in [0, 0.1) is 16.0 Å². The molecule has 2 aromatic heterocycles. The van der Waals surface area contributed by atoms with Gasteiger partial charge in [0.25, 0.3) is 17.2 Å². The van der Waals surface area contributed by atoms with E-state index in [1.807, 2.05) is 32.2 Å². The van der Waals surface area contributed by atoms with Gasteiger partial charge in [0.1, 0.15) is 0 Å². The van der Waals surface area contributed by atoms with Crippen LogP contribution in [0.5, 0.6) is 5.75 Å². The molecule has 0 unspecified atom stereocenters. The summed E-state index contributed by atoms with van der Waals surface area (Å²) in [5.41, 5.74) is 0.549. The Kier molecular flexibility index (Phi) is 8.80. The van der Waals surface area contributed by atoms with Crippen molar-refractivity contribution in [3.05, 3.63) is 104 Å². The fourth-order valence-corrected chi connectivity index (χ4v) is 9.92. The summed E-state index contributed by atoms with van der Waals surface area (Å²) < 4.78 is 15.1. The van der Waals surface area contributed by atoms with Crippen LogP contribution in [0.2, 0.25) is 18.6 Å². The number of carbonyl (C=O) groups excluding carboxylic acids is 1. The molecule has 1 spiro atoms. The first-order valence-corrected chi connectivity index (χ1v) is 18.8. The maximum atomic E-state index is 14.7. The normalized spacial score (nSPS) is 22.0. The summed E-state index contributed by atoms with van der Waals surface area (Å²) in [5, 5.41) is 29.4. The zero-order valence-corrected chi connectivity index (χ0v) is 28.1. The minimum atomic E-state index is -2.97. The van der Waals surface area contributed by atoms with Crippen LogP contribution in [-0.2, 0) is 34.6 Å². The van der Waals surface area contributed by atoms with Crippen molar-refractivity contribution in [1.29, 1.82) is 0 Å². The highest BCUT2D eigenvalue weighted by molar-refractivity contribution is 6.71. The van der Waals surface area contributed by atoms with E-state index in [0.717, 1.165) is 5.56 Å². The van der Waals surface area contributed by atoms with Gasteiger partial charge in [0.2, 0.25) is 0 Å². The summed E-state index contributed by atoms with van der Waals surface area (Å²) in [5.74, 6) is -0.643. The first kappa shape index (κ1) is 33.2. The third-order valence-electron chi connectivity index (χ3n) is 9.46. The van der Waals surface area contributed by atoms with Crippen LogP contribution in [-0.4, -0.2) is 68.4 Å². The number of aliphatic hydroxyl groups excluding tert-OH is 1. The van der Waals surface area contributed by atoms with Crippen molar-refractivity contribution in [2.75, 3.05) is 18.6 Å². The van der Waals surface area contributed by atoms with E-state index in [-0.39, 0.29) is 41.6 Å². The molecule has 4 atom stereocenters. The van der Waals surface area contributed by atoms with Crippen molar-refractivity contribution >= 4 is 25.6 Å². The van der Waals surface area contributed by atoms with Gasteiger partial charge in [-0.3, -0.25) is 29.0 Å². The molecule has 1 amide bonds. The van der Waals surface area contributed by atoms with E-state index in [9.17, 15) is 29.6 Å². The predicted molar refractivity (Wildman–Crippen MR) is 177 cm³/mol. The molecule has 6 rings (SSSR count). The van der Waals surface area contributed by atoms with E-state index >= 15 is 0 Å². The molecule has 14 nitrogen and oxygen atoms in total. The Hall–Kier alpha value is -4.70. The van der Waals surface area contributed by atoms with Crippen molar-refractivity contribution in [2.24, 2.45) is 5.92 Å². The molecular formula is C33H38N6O8Si. The summed E-state index contributed by atoms with van der Waals surface area (Å²) in [6.07, 6.45) is 3.64. The Balaban J connectivity index is 1.35. The number of benzene rings is 2. The molecule has 0 bridgehead atoms. The maximum Gasteiger partial charge on any atom is 0.297 e. The van der Waals surface area contributed by atoms with Gasteiger partial charge in [-0.15, -0.1) is 5.10 Å². The number of pyridine rings is 1. The number of anilines is 1. The Morgan fingerprint density at radius 3 is 2.56 bits per heavy atom. The van der Waals surface area contributed by atoms with Crippen LogP contribution in [0.1, 0.15) is 30.2 Å². The number of nitro benzene ring substituents is 1. The molecule has 2 aromatic carbocycles. The molecule has 2 N–H and O–H groups in total. The van der Waals surface area contributed by atoms with Gasteiger partial charge in [0.05, 0.1) is 36.1 Å². The highest BCUT2D eigenvalue weighted by Gasteiger charge is 2.66. The number of aromatic nitrogens is 4. The Bertz CT molecular complexity index is 1900. The summed E-state index contributed by atoms with van der Waals surface area (Å²) in [7, 11) is -1.53. The van der Waals surface area contributed by atoms with Crippen LogP contribution < -0.4 is 15.2 Å². The molecule has 252 valence electrons. The number of hydrogen-bond acceptors (Lipinski definition) is 10. The summed E-state index contributed by atoms with van der Waals surface area (Å²) in [4.78, 5) is 52.0. The predicted octanol–water partition coefficient (Wildman–Crippen LogP) is 3.32. The standard InChI is InChI=1S/C33H38N6O8Si/c1-21-30(48(3,4)45)28(13-16-36-20-23(14-17-40)34-35-36)47-33(21)26-18-25(39(43)44)11-12-27(26)38(32(33)42)19-22-7-9-24(10-8-22)37-15-5-6-29(46-2)31(37)41/h5-12,15,18,20-21,28,30,40,45H,13-14,16-17,19H2,1-4H3/t21-,28+,30-,33+/m0/s1. The third kappa shape index (κ3) is 5.72. The number of aryl methyl sites for hydroxylation is 1. The van der Waals surface area contributed by atoms with Crippen molar-refractivity contribution in [3.8, 4) is 11.4 Å². The number of hydrogen-bond donors (Lipinski definition) is 2. The second-order valence-electron chi connectivity index (χ2n) is 12.9. The van der Waals surface area contributed by atoms with Crippen molar-refractivity contribution in [1.82, 2.24) is 19.6 Å². The number of fused-ring (bicyclic) bond motifs is 2. The first-order chi connectivity index (χ1) is 22.9. The average Bonchev–Trinajstić information content (AvgIpc) is 3.70. The topological polar surface area (TPSA) is 175 Å². The van der Waals surface area contributed by atoms with Crippen molar-refractivity contribution in [3.63, 3.8) is 0 Å². The second kappa shape index (κ2) is 12.7. The number of carbonyl (C=O) groups is 1. The van der Waals surface area contributed by atoms with Gasteiger partial charge in [-0.1, -0.05) is 24.3 Å². The summed E-state index contributed by atoms with van der Waals surface area (Å²) >= 11 is 0. The highest BCUT2D eigenvalue weighted by atomic mass is 28.4. The first-order valence-electron chi connectivity index (χ1n) is 15.7. The lowest BCUT2D eigenvalue weighted by Gasteiger charge is -2.32. The van der Waals surface area contributed by atoms with Gasteiger partial charge in [0.15, 0.2) is 19.7 Å². The van der Waals surface area contributed by atoms with E-state index in [0.29, 0.717) is 42.0 Å². The van der Waals surface area contributed by atoms with E-state index in [4.69, 9.17) is 9.47 Å². The van der Waals surface area contributed by atoms with Gasteiger partial charge in [-0.2, -0.15) is 0 Å². The summed E-state index contributed by atoms with van der Waals surface area (Å²) in [6.45, 7) is 6.02. The molecule has 0 aliphatic carbocycles. The molecule has 2 aliphatic heterocycles. The third-order valence-corrected chi connectivity index (χ3v) is 12.0. The van der Waals surface area contributed by atoms with Crippen LogP contribution in [0.4, 0.5) is 11.4 Å². The van der Waals surface area contributed by atoms with E-state index in [1.54, 1.807) is 52.3 Å². The number of nitrogens with zero attached hydrogens (tertiary/aromatic N) is 6. The van der Waals surface area contributed by atoms with E-state index in [2.05, 4.69) is 10.3 Å². The molecule has 2 aliphatic rings. The minimum Gasteiger partial charge on any atom is -0.491 e. The fraction of sp³-hybridized carbons (Fsp3) is 0.394. The van der Waals surface area contributed by atoms with Gasteiger partial charge >= 0.3 is 0 Å². The van der Waals surface area contributed by atoms with Crippen LogP contribution in [0.15, 0.2) is 71.8 Å². The van der Waals surface area contributed by atoms with Crippen molar-refractivity contribution < 1.29 is 29.1 Å². The minimum absolute atomic E-state index is 0.0482. The van der Waals surface area contributed by atoms with Gasteiger partial charge in [0, 0.05) is 66.8 Å². The zero-order chi connectivity index (χ0) is 34.4. The molecule has 48 heavy (non-hydrogen) atoms. The molecule has 4 aromatic rings. The fourth-order valence-electron chi connectivity index (χ4n) is 7.32. The molecule has 15 heteroatoms. The molecule has 1 fully saturated rings. The van der Waals surface area contributed by atoms with E-state index in [1.165, 1.54) is 23.8 Å². The van der Waals surface area contributed by atoms with E-state index < -0.39 is 30.9 Å². The van der Waals surface area contributed by atoms with Gasteiger partial charge < -0.3 is 24.3 Å². The quantitative estimate of drug-likeness (QED) is 0.136. The number of non-ortho nitro benzene ring substituents is 1. The lowest BCUT2D eigenvalue weighted by molar-refractivity contribution is -0.385. The second-order valence-corrected chi connectivity index (χ2v) is 16.8. The largest absolute Gasteiger partial charge is 0.491 e. The van der Waals surface area contributed by atoms with Crippen LogP contribution in [0.25, 0.3) is 5.69 Å². The monoisotopic (exact) mass is 674 g/mol.